The lowest BCUT2D eigenvalue weighted by atomic mass is 9.80. The highest BCUT2D eigenvalue weighted by atomic mass is 16.7. The number of ether oxygens (including phenoxy) is 1. The molecule has 106 valence electrons. The maximum Gasteiger partial charge on any atom is 0.496 e. The molecule has 1 fully saturated rings. The van der Waals surface area contributed by atoms with Gasteiger partial charge in [0.1, 0.15) is 0 Å². The molecule has 0 radical (unpaired) electrons. The Morgan fingerprint density at radius 1 is 1.20 bits per heavy atom. The molecular formula is C13H18BN3O3. The average Bonchev–Trinajstić information content (AvgIpc) is 2.87. The Hall–Kier alpha value is -1.60. The zero-order valence-corrected chi connectivity index (χ0v) is 12.4. The number of hydrogen-bond donors (Lipinski definition) is 1. The molecule has 0 amide bonds. The Morgan fingerprint density at radius 3 is 2.45 bits per heavy atom. The molecule has 6 nitrogen and oxygen atoms in total. The number of fused-ring (bicyclic) bond motifs is 1. The lowest BCUT2D eigenvalue weighted by molar-refractivity contribution is 0.00578. The number of rotatable bonds is 2. The Labute approximate surface area is 118 Å². The standard InChI is InChI=1S/C13H18BN3O3/c1-12(2)13(3,4)20-14(19-12)8-6-9-10(15-7-8)17-11(16-9)18-5/h6-7H,1-5H3,(H,15,16,17). The molecule has 0 spiro atoms. The molecule has 2 aromatic heterocycles. The van der Waals surface area contributed by atoms with Crippen LogP contribution in [0.25, 0.3) is 11.2 Å². The van der Waals surface area contributed by atoms with Gasteiger partial charge in [0.05, 0.1) is 23.8 Å². The van der Waals surface area contributed by atoms with E-state index in [1.807, 2.05) is 33.8 Å². The van der Waals surface area contributed by atoms with E-state index in [-0.39, 0.29) is 11.2 Å². The number of nitrogens with one attached hydrogen (secondary N) is 1. The monoisotopic (exact) mass is 275 g/mol. The quantitative estimate of drug-likeness (QED) is 0.836. The zero-order valence-electron chi connectivity index (χ0n) is 12.4. The Morgan fingerprint density at radius 2 is 1.85 bits per heavy atom. The molecule has 7 heteroatoms. The van der Waals surface area contributed by atoms with Gasteiger partial charge >= 0.3 is 7.12 Å². The van der Waals surface area contributed by atoms with Crippen molar-refractivity contribution in [3.8, 4) is 6.01 Å². The average molecular weight is 275 g/mol. The number of pyridine rings is 1. The molecular weight excluding hydrogens is 257 g/mol. The molecule has 0 aliphatic carbocycles. The van der Waals surface area contributed by atoms with E-state index >= 15 is 0 Å². The minimum absolute atomic E-state index is 0.363. The molecule has 20 heavy (non-hydrogen) atoms. The highest BCUT2D eigenvalue weighted by Gasteiger charge is 2.51. The summed E-state index contributed by atoms with van der Waals surface area (Å²) in [5.41, 5.74) is 1.55. The Kier molecular flexibility index (Phi) is 2.81. The molecule has 1 aliphatic heterocycles. The van der Waals surface area contributed by atoms with Crippen LogP contribution >= 0.6 is 0 Å². The van der Waals surface area contributed by atoms with Gasteiger partial charge in [-0.05, 0) is 33.8 Å². The van der Waals surface area contributed by atoms with Gasteiger partial charge in [-0.2, -0.15) is 4.98 Å². The van der Waals surface area contributed by atoms with E-state index < -0.39 is 7.12 Å². The van der Waals surface area contributed by atoms with Crippen LogP contribution in [0, 0.1) is 0 Å². The first-order chi connectivity index (χ1) is 9.32. The molecule has 1 N–H and O–H groups in total. The number of aromatic amines is 1. The van der Waals surface area contributed by atoms with E-state index in [2.05, 4.69) is 15.0 Å². The number of imidazole rings is 1. The fourth-order valence-electron chi connectivity index (χ4n) is 2.10. The summed E-state index contributed by atoms with van der Waals surface area (Å²) in [6.45, 7) is 8.10. The predicted octanol–water partition coefficient (Wildman–Crippen LogP) is 1.27. The highest BCUT2D eigenvalue weighted by Crippen LogP contribution is 2.36. The van der Waals surface area contributed by atoms with Gasteiger partial charge in [-0.3, -0.25) is 0 Å². The molecule has 1 saturated heterocycles. The largest absolute Gasteiger partial charge is 0.496 e. The van der Waals surface area contributed by atoms with Gasteiger partial charge in [0.15, 0.2) is 5.65 Å². The summed E-state index contributed by atoms with van der Waals surface area (Å²) in [5.74, 6) is 0. The van der Waals surface area contributed by atoms with Gasteiger partial charge in [0, 0.05) is 11.7 Å². The third-order valence-electron chi connectivity index (χ3n) is 4.06. The molecule has 0 atom stereocenters. The second-order valence-electron chi connectivity index (χ2n) is 5.97. The van der Waals surface area contributed by atoms with Crippen LogP contribution < -0.4 is 10.2 Å². The molecule has 0 unspecified atom stereocenters. The topological polar surface area (TPSA) is 69.3 Å². The first-order valence-corrected chi connectivity index (χ1v) is 6.58. The summed E-state index contributed by atoms with van der Waals surface area (Å²) >= 11 is 0. The van der Waals surface area contributed by atoms with Gasteiger partial charge in [-0.15, -0.1) is 0 Å². The van der Waals surface area contributed by atoms with Crippen molar-refractivity contribution in [2.75, 3.05) is 7.11 Å². The van der Waals surface area contributed by atoms with Crippen molar-refractivity contribution in [1.82, 2.24) is 15.0 Å². The van der Waals surface area contributed by atoms with Gasteiger partial charge in [0.25, 0.3) is 6.01 Å². The molecule has 1 aliphatic rings. The number of methoxy groups -OCH3 is 1. The van der Waals surface area contributed by atoms with Crippen LogP contribution in [0.15, 0.2) is 12.3 Å². The second-order valence-corrected chi connectivity index (χ2v) is 5.97. The van der Waals surface area contributed by atoms with E-state index in [0.717, 1.165) is 11.0 Å². The van der Waals surface area contributed by atoms with Crippen molar-refractivity contribution >= 4 is 23.7 Å². The van der Waals surface area contributed by atoms with Crippen LogP contribution in [0.5, 0.6) is 6.01 Å². The molecule has 3 rings (SSSR count). The van der Waals surface area contributed by atoms with Crippen molar-refractivity contribution in [2.45, 2.75) is 38.9 Å². The summed E-state index contributed by atoms with van der Waals surface area (Å²) < 4.78 is 17.1. The Balaban J connectivity index is 1.95. The van der Waals surface area contributed by atoms with Crippen molar-refractivity contribution in [3.63, 3.8) is 0 Å². The first-order valence-electron chi connectivity index (χ1n) is 6.58. The van der Waals surface area contributed by atoms with Gasteiger partial charge < -0.3 is 19.0 Å². The van der Waals surface area contributed by atoms with Crippen molar-refractivity contribution in [2.24, 2.45) is 0 Å². The van der Waals surface area contributed by atoms with Gasteiger partial charge in [0.2, 0.25) is 0 Å². The lowest BCUT2D eigenvalue weighted by Crippen LogP contribution is -2.41. The minimum Gasteiger partial charge on any atom is -0.468 e. The van der Waals surface area contributed by atoms with E-state index in [1.54, 1.807) is 13.3 Å². The molecule has 2 aromatic rings. The predicted molar refractivity (Wildman–Crippen MR) is 76.2 cm³/mol. The summed E-state index contributed by atoms with van der Waals surface area (Å²) in [4.78, 5) is 11.5. The van der Waals surface area contributed by atoms with Crippen LogP contribution in [-0.2, 0) is 9.31 Å². The van der Waals surface area contributed by atoms with E-state index in [4.69, 9.17) is 14.0 Å². The SMILES string of the molecule is COc1nc2ncc(B3OC(C)(C)C(C)(C)O3)cc2[nH]1. The first kappa shape index (κ1) is 13.4. The van der Waals surface area contributed by atoms with Crippen molar-refractivity contribution in [3.05, 3.63) is 12.3 Å². The summed E-state index contributed by atoms with van der Waals surface area (Å²) in [7, 11) is 1.14. The third-order valence-corrected chi connectivity index (χ3v) is 4.06. The van der Waals surface area contributed by atoms with Gasteiger partial charge in [-0.25, -0.2) is 4.98 Å². The summed E-state index contributed by atoms with van der Waals surface area (Å²) in [6.07, 6.45) is 1.73. The number of H-pyrrole nitrogens is 1. The van der Waals surface area contributed by atoms with Crippen LogP contribution in [-0.4, -0.2) is 40.4 Å². The van der Waals surface area contributed by atoms with Crippen LogP contribution in [0.2, 0.25) is 0 Å². The van der Waals surface area contributed by atoms with Gasteiger partial charge in [-0.1, -0.05) is 0 Å². The molecule has 0 saturated carbocycles. The smallest absolute Gasteiger partial charge is 0.468 e. The summed E-state index contributed by atoms with van der Waals surface area (Å²) in [5, 5.41) is 0. The fraction of sp³-hybridized carbons (Fsp3) is 0.538. The number of hydrogen-bond acceptors (Lipinski definition) is 5. The summed E-state index contributed by atoms with van der Waals surface area (Å²) in [6, 6.07) is 2.37. The van der Waals surface area contributed by atoms with Crippen LogP contribution in [0.3, 0.4) is 0 Å². The molecule has 0 aromatic carbocycles. The molecule has 3 heterocycles. The normalized spacial score (nSPS) is 20.6. The van der Waals surface area contributed by atoms with E-state index in [9.17, 15) is 0 Å². The molecule has 0 bridgehead atoms. The van der Waals surface area contributed by atoms with Crippen LogP contribution in [0.4, 0.5) is 0 Å². The third kappa shape index (κ3) is 1.97. The second kappa shape index (κ2) is 4.20. The van der Waals surface area contributed by atoms with Crippen molar-refractivity contribution in [1.29, 1.82) is 0 Å². The fourth-order valence-corrected chi connectivity index (χ4v) is 2.10. The minimum atomic E-state index is -0.425. The highest BCUT2D eigenvalue weighted by molar-refractivity contribution is 6.62. The lowest BCUT2D eigenvalue weighted by Gasteiger charge is -2.32. The number of nitrogens with zero attached hydrogens (tertiary/aromatic N) is 2. The zero-order chi connectivity index (χ0) is 14.5. The maximum absolute atomic E-state index is 6.00. The van der Waals surface area contributed by atoms with Crippen molar-refractivity contribution < 1.29 is 14.0 Å². The van der Waals surface area contributed by atoms with E-state index in [1.165, 1.54) is 0 Å². The van der Waals surface area contributed by atoms with E-state index in [0.29, 0.717) is 11.7 Å². The van der Waals surface area contributed by atoms with Crippen LogP contribution in [0.1, 0.15) is 27.7 Å². The Bertz CT molecular complexity index is 637. The number of aromatic nitrogens is 3. The maximum atomic E-state index is 6.00.